The molecule has 5 rings (SSSR count). The first kappa shape index (κ1) is 27.2. The molecule has 2 saturated heterocycles. The molecule has 3 unspecified atom stereocenters. The fourth-order valence-electron chi connectivity index (χ4n) is 6.93. The van der Waals surface area contributed by atoms with Gasteiger partial charge in [-0.05, 0) is 26.7 Å². The molecule has 0 aromatic heterocycles. The van der Waals surface area contributed by atoms with E-state index in [2.05, 4.69) is 19.9 Å². The maximum atomic E-state index is 13.0. The SMILES string of the molecule is CC1=C[C@H]2O[C@@H]3C[C@H]4OC(=O)/C=C\C=C\C(C(C)O)OCC(=O)C(C)CC(=O)OC[C@@]2(CC1)[C@]4(C)[C@]31CO1. The molecule has 208 valence electrons. The van der Waals surface area contributed by atoms with Crippen molar-refractivity contribution < 1.29 is 43.2 Å². The fraction of sp³-hybridized carbons (Fsp3) is 0.690. The van der Waals surface area contributed by atoms with Gasteiger partial charge >= 0.3 is 11.9 Å². The molecule has 3 aliphatic heterocycles. The van der Waals surface area contributed by atoms with Crippen molar-refractivity contribution in [2.45, 2.75) is 89.5 Å². The molecule has 2 bridgehead atoms. The minimum Gasteiger partial charge on any atom is -0.465 e. The summed E-state index contributed by atoms with van der Waals surface area (Å²) < 4.78 is 30.3. The number of epoxide rings is 1. The molecule has 9 nitrogen and oxygen atoms in total. The summed E-state index contributed by atoms with van der Waals surface area (Å²) in [5, 5.41) is 10.0. The Hall–Kier alpha value is -2.33. The number of aliphatic hydroxyl groups excluding tert-OH is 1. The van der Waals surface area contributed by atoms with Crippen LogP contribution in [0.2, 0.25) is 0 Å². The second-order valence-electron chi connectivity index (χ2n) is 11.7. The monoisotopic (exact) mass is 530 g/mol. The Bertz CT molecular complexity index is 1070. The Labute approximate surface area is 223 Å². The second kappa shape index (κ2) is 10.0. The quantitative estimate of drug-likeness (QED) is 0.310. The molecule has 38 heavy (non-hydrogen) atoms. The van der Waals surface area contributed by atoms with Crippen LogP contribution in [-0.4, -0.2) is 78.8 Å². The third-order valence-corrected chi connectivity index (χ3v) is 9.53. The molecule has 9 atom stereocenters. The second-order valence-corrected chi connectivity index (χ2v) is 11.7. The molecule has 0 aromatic rings. The zero-order valence-electron chi connectivity index (χ0n) is 22.5. The van der Waals surface area contributed by atoms with Crippen LogP contribution in [0.25, 0.3) is 0 Å². The third kappa shape index (κ3) is 4.37. The zero-order valence-corrected chi connectivity index (χ0v) is 22.5. The number of carbonyl (C=O) groups excluding carboxylic acids is 3. The van der Waals surface area contributed by atoms with Gasteiger partial charge in [-0.25, -0.2) is 4.79 Å². The Morgan fingerprint density at radius 1 is 1.13 bits per heavy atom. The van der Waals surface area contributed by atoms with Crippen molar-refractivity contribution in [3.05, 3.63) is 36.0 Å². The average Bonchev–Trinajstić information content (AvgIpc) is 3.64. The molecule has 0 aromatic carbocycles. The van der Waals surface area contributed by atoms with E-state index < -0.39 is 52.6 Å². The summed E-state index contributed by atoms with van der Waals surface area (Å²) in [6.45, 7) is 7.69. The highest BCUT2D eigenvalue weighted by Crippen LogP contribution is 2.72. The van der Waals surface area contributed by atoms with Gasteiger partial charge in [-0.3, -0.25) is 9.59 Å². The van der Waals surface area contributed by atoms with Crippen molar-refractivity contribution in [3.63, 3.8) is 0 Å². The number of ketones is 1. The van der Waals surface area contributed by atoms with Crippen LogP contribution in [0.15, 0.2) is 36.0 Å². The first-order valence-corrected chi connectivity index (χ1v) is 13.5. The lowest BCUT2D eigenvalue weighted by atomic mass is 9.51. The van der Waals surface area contributed by atoms with Gasteiger partial charge in [-0.1, -0.05) is 43.7 Å². The summed E-state index contributed by atoms with van der Waals surface area (Å²) >= 11 is 0. The number of ether oxygens (including phenoxy) is 5. The number of hydrogen-bond acceptors (Lipinski definition) is 9. The zero-order chi connectivity index (χ0) is 27.3. The number of rotatable bonds is 1. The van der Waals surface area contributed by atoms with Gasteiger partial charge in [0.2, 0.25) is 0 Å². The summed E-state index contributed by atoms with van der Waals surface area (Å²) in [5.41, 5.74) is -0.704. The molecule has 2 spiro atoms. The first-order chi connectivity index (χ1) is 18.0. The van der Waals surface area contributed by atoms with E-state index in [1.807, 2.05) is 0 Å². The van der Waals surface area contributed by atoms with E-state index in [-0.39, 0.29) is 37.6 Å². The highest BCUT2D eigenvalue weighted by atomic mass is 16.6. The van der Waals surface area contributed by atoms with Crippen molar-refractivity contribution in [2.75, 3.05) is 19.8 Å². The molecule has 9 heteroatoms. The fourth-order valence-corrected chi connectivity index (χ4v) is 6.93. The van der Waals surface area contributed by atoms with Gasteiger partial charge < -0.3 is 28.8 Å². The molecule has 3 fully saturated rings. The summed E-state index contributed by atoms with van der Waals surface area (Å²) in [6, 6.07) is 0. The predicted molar refractivity (Wildman–Crippen MR) is 135 cm³/mol. The van der Waals surface area contributed by atoms with E-state index in [0.717, 1.165) is 6.42 Å². The predicted octanol–water partition coefficient (Wildman–Crippen LogP) is 2.60. The van der Waals surface area contributed by atoms with E-state index in [0.29, 0.717) is 19.4 Å². The number of allylic oxidation sites excluding steroid dienone is 3. The van der Waals surface area contributed by atoms with Crippen LogP contribution in [0.4, 0.5) is 0 Å². The number of hydrogen-bond donors (Lipinski definition) is 1. The molecule has 2 aliphatic carbocycles. The van der Waals surface area contributed by atoms with Crippen LogP contribution in [-0.2, 0) is 38.1 Å². The maximum absolute atomic E-state index is 13.0. The molecule has 3 heterocycles. The van der Waals surface area contributed by atoms with Crippen molar-refractivity contribution in [2.24, 2.45) is 16.7 Å². The molecule has 5 aliphatic rings. The minimum absolute atomic E-state index is 0.0722. The Morgan fingerprint density at radius 2 is 1.89 bits per heavy atom. The van der Waals surface area contributed by atoms with Crippen molar-refractivity contribution in [1.29, 1.82) is 0 Å². The topological polar surface area (TPSA) is 121 Å². The molecular formula is C29H38O9. The van der Waals surface area contributed by atoms with E-state index >= 15 is 0 Å². The molecule has 1 saturated carbocycles. The summed E-state index contributed by atoms with van der Waals surface area (Å²) in [5.74, 6) is -1.85. The molecule has 0 radical (unpaired) electrons. The standard InChI is InChI=1S/C29H38O9/c1-17-9-10-28-15-35-26(33)12-18(2)20(31)14-34-21(19(3)30)7-5-6-8-25(32)38-22-13-24(37-23(28)11-17)29(16-36-29)27(22,28)4/h5-8,11,18-19,21-24,30H,9-10,12-16H2,1-4H3/b7-5+,8-6-/t18?,19?,21?,22-,23-,24-,27-,28-,29+/m1/s1. The van der Waals surface area contributed by atoms with Gasteiger partial charge in [-0.2, -0.15) is 0 Å². The lowest BCUT2D eigenvalue weighted by molar-refractivity contribution is -0.233. The van der Waals surface area contributed by atoms with Gasteiger partial charge in [0.05, 0.1) is 36.8 Å². The van der Waals surface area contributed by atoms with E-state index in [9.17, 15) is 19.5 Å². The molecule has 0 amide bonds. The number of aliphatic hydroxyl groups is 1. The lowest BCUT2D eigenvalue weighted by Gasteiger charge is -2.58. The largest absolute Gasteiger partial charge is 0.465 e. The normalized spacial score (nSPS) is 46.1. The van der Waals surface area contributed by atoms with Gasteiger partial charge in [-0.15, -0.1) is 0 Å². The van der Waals surface area contributed by atoms with Crippen molar-refractivity contribution >= 4 is 17.7 Å². The maximum Gasteiger partial charge on any atom is 0.331 e. The Morgan fingerprint density at radius 3 is 2.61 bits per heavy atom. The summed E-state index contributed by atoms with van der Waals surface area (Å²) in [4.78, 5) is 38.6. The van der Waals surface area contributed by atoms with Gasteiger partial charge in [0.15, 0.2) is 5.78 Å². The van der Waals surface area contributed by atoms with Gasteiger partial charge in [0.25, 0.3) is 0 Å². The average molecular weight is 531 g/mol. The van der Waals surface area contributed by atoms with Crippen LogP contribution in [0, 0.1) is 16.7 Å². The van der Waals surface area contributed by atoms with Crippen LogP contribution < -0.4 is 0 Å². The van der Waals surface area contributed by atoms with Crippen LogP contribution in [0.1, 0.15) is 53.4 Å². The van der Waals surface area contributed by atoms with E-state index in [1.165, 1.54) is 17.7 Å². The van der Waals surface area contributed by atoms with E-state index in [4.69, 9.17) is 23.7 Å². The number of carbonyl (C=O) groups is 3. The number of esters is 2. The highest BCUT2D eigenvalue weighted by molar-refractivity contribution is 5.86. The smallest absolute Gasteiger partial charge is 0.331 e. The third-order valence-electron chi connectivity index (χ3n) is 9.53. The lowest BCUT2D eigenvalue weighted by Crippen LogP contribution is -2.66. The van der Waals surface area contributed by atoms with Crippen LogP contribution in [0.3, 0.4) is 0 Å². The van der Waals surface area contributed by atoms with Gasteiger partial charge in [0, 0.05) is 23.8 Å². The Kier molecular flexibility index (Phi) is 7.18. The highest BCUT2D eigenvalue weighted by Gasteiger charge is 2.83. The first-order valence-electron chi connectivity index (χ1n) is 13.5. The summed E-state index contributed by atoms with van der Waals surface area (Å²) in [6.07, 6.45) is 7.35. The summed E-state index contributed by atoms with van der Waals surface area (Å²) in [7, 11) is 0. The van der Waals surface area contributed by atoms with Crippen LogP contribution in [0.5, 0.6) is 0 Å². The number of cyclic esters (lactones) is 1. The minimum atomic E-state index is -0.880. The molecular weight excluding hydrogens is 492 g/mol. The van der Waals surface area contributed by atoms with Crippen molar-refractivity contribution in [1.82, 2.24) is 0 Å². The van der Waals surface area contributed by atoms with E-state index in [1.54, 1.807) is 26.0 Å². The Balaban J connectivity index is 1.50. The van der Waals surface area contributed by atoms with Crippen molar-refractivity contribution in [3.8, 4) is 0 Å². The number of Topliss-reactive ketones (excluding diaryl/α,β-unsaturated/α-hetero) is 1. The van der Waals surface area contributed by atoms with Crippen LogP contribution >= 0.6 is 0 Å². The molecule has 1 N–H and O–H groups in total. The van der Waals surface area contributed by atoms with Gasteiger partial charge in [0.1, 0.15) is 31.0 Å².